The minimum Gasteiger partial charge on any atom is -0.497 e. The summed E-state index contributed by atoms with van der Waals surface area (Å²) in [7, 11) is 1.61. The van der Waals surface area contributed by atoms with Crippen LogP contribution in [-0.4, -0.2) is 82.8 Å². The topological polar surface area (TPSA) is 144 Å². The molecule has 0 unspecified atom stereocenters. The molecule has 274 valence electrons. The smallest absolute Gasteiger partial charge is 0.243 e. The second-order valence-corrected chi connectivity index (χ2v) is 14.8. The van der Waals surface area contributed by atoms with Gasteiger partial charge in [0.15, 0.2) is 0 Å². The van der Waals surface area contributed by atoms with Crippen LogP contribution in [0.2, 0.25) is 0 Å². The largest absolute Gasteiger partial charge is 0.497 e. The Hall–Kier alpha value is -4.93. The van der Waals surface area contributed by atoms with Crippen LogP contribution in [0.4, 0.5) is 0 Å². The Bertz CT molecular complexity index is 1840. The lowest BCUT2D eigenvalue weighted by atomic mass is 9.94. The number of nitrogens with one attached hydrogen (secondary N) is 1. The maximum Gasteiger partial charge on any atom is 0.243 e. The minimum absolute atomic E-state index is 0.00692. The molecule has 11 heteroatoms. The highest BCUT2D eigenvalue weighted by Crippen LogP contribution is 2.45. The zero-order valence-electron chi connectivity index (χ0n) is 29.9. The first-order chi connectivity index (χ1) is 25.3. The van der Waals surface area contributed by atoms with Crippen LogP contribution >= 0.6 is 0 Å². The van der Waals surface area contributed by atoms with E-state index in [1.807, 2.05) is 65.6 Å². The summed E-state index contributed by atoms with van der Waals surface area (Å²) in [6.45, 7) is 1.58. The van der Waals surface area contributed by atoms with Crippen molar-refractivity contribution in [3.05, 3.63) is 66.7 Å². The van der Waals surface area contributed by atoms with Gasteiger partial charge in [-0.05, 0) is 57.1 Å². The Balaban J connectivity index is 1.21. The quantitative estimate of drug-likeness (QED) is 0.323. The van der Waals surface area contributed by atoms with E-state index in [1.165, 1.54) is 0 Å². The van der Waals surface area contributed by atoms with Gasteiger partial charge in [0.25, 0.3) is 0 Å². The number of hydrogen-bond donors (Lipinski definition) is 2. The van der Waals surface area contributed by atoms with Gasteiger partial charge < -0.3 is 30.3 Å². The van der Waals surface area contributed by atoms with Gasteiger partial charge in [-0.15, -0.1) is 0 Å². The molecule has 3 aliphatic heterocycles. The molecular weight excluding hydrogens is 658 g/mol. The summed E-state index contributed by atoms with van der Waals surface area (Å²) in [6.07, 6.45) is 11.3. The first-order valence-electron chi connectivity index (χ1n) is 18.8. The fourth-order valence-corrected chi connectivity index (χ4v) is 8.14. The fraction of sp³-hybridized carbons (Fsp3) is 0.488. The Labute approximate surface area is 304 Å². The standard InChI is InChI=1S/C41H49N5O6/c1-51-30-17-18-32-34(22-30)43-33(27-13-8-5-9-14-27)24-36(32)52-31-23-35-38(48)44-41(40(42)50)25-29(41)16-10-4-2-3-7-15-28(39(49)46(35)26-31)21-37(47)45-19-11-6-12-20-45/h5,8-10,13-14,16-18,22,24,28-29,31,35H,2-4,6-7,11-12,15,19-21,23,25-26H2,1H3,(H2,42,50)(H,44,48)/b16-10-/t28-,29+,31-,35+,41+/m1/s1. The van der Waals surface area contributed by atoms with Crippen LogP contribution in [0, 0.1) is 11.8 Å². The summed E-state index contributed by atoms with van der Waals surface area (Å²) in [6, 6.07) is 16.4. The average molecular weight is 708 g/mol. The number of benzene rings is 2. The number of piperidine rings is 1. The monoisotopic (exact) mass is 707 g/mol. The number of ether oxygens (including phenoxy) is 2. The molecule has 4 heterocycles. The Morgan fingerprint density at radius 3 is 2.56 bits per heavy atom. The third-order valence-electron chi connectivity index (χ3n) is 11.3. The van der Waals surface area contributed by atoms with Gasteiger partial charge >= 0.3 is 0 Å². The van der Waals surface area contributed by atoms with Gasteiger partial charge in [0.2, 0.25) is 23.6 Å². The number of carbonyl (C=O) groups excluding carboxylic acids is 4. The van der Waals surface area contributed by atoms with Crippen molar-refractivity contribution in [3.8, 4) is 22.8 Å². The summed E-state index contributed by atoms with van der Waals surface area (Å²) in [5, 5.41) is 3.75. The molecule has 0 spiro atoms. The van der Waals surface area contributed by atoms with E-state index in [0.29, 0.717) is 48.6 Å². The normalized spacial score (nSPS) is 27.4. The zero-order valence-corrected chi connectivity index (χ0v) is 29.9. The molecule has 1 saturated carbocycles. The molecule has 52 heavy (non-hydrogen) atoms. The summed E-state index contributed by atoms with van der Waals surface area (Å²) in [5.74, 6) is -0.770. The molecule has 1 aromatic heterocycles. The predicted octanol–water partition coefficient (Wildman–Crippen LogP) is 5.16. The lowest BCUT2D eigenvalue weighted by Gasteiger charge is -2.31. The van der Waals surface area contributed by atoms with Crippen molar-refractivity contribution in [3.63, 3.8) is 0 Å². The molecule has 3 aromatic rings. The number of likely N-dealkylation sites (tertiary alicyclic amines) is 1. The maximum atomic E-state index is 14.6. The number of pyridine rings is 1. The number of allylic oxidation sites excluding steroid dienone is 1. The van der Waals surface area contributed by atoms with Crippen molar-refractivity contribution in [1.82, 2.24) is 20.1 Å². The van der Waals surface area contributed by atoms with Gasteiger partial charge in [0, 0.05) is 60.8 Å². The lowest BCUT2D eigenvalue weighted by Crippen LogP contribution is -2.55. The molecule has 2 aromatic carbocycles. The highest BCUT2D eigenvalue weighted by molar-refractivity contribution is 5.97. The number of aromatic nitrogens is 1. The van der Waals surface area contributed by atoms with Crippen LogP contribution in [0.1, 0.15) is 70.6 Å². The Morgan fingerprint density at radius 2 is 1.79 bits per heavy atom. The van der Waals surface area contributed by atoms with E-state index in [-0.39, 0.29) is 37.1 Å². The van der Waals surface area contributed by atoms with E-state index in [0.717, 1.165) is 55.9 Å². The maximum absolute atomic E-state index is 14.6. The van der Waals surface area contributed by atoms with E-state index in [1.54, 1.807) is 12.0 Å². The molecule has 3 N–H and O–H groups in total. The zero-order chi connectivity index (χ0) is 36.2. The van der Waals surface area contributed by atoms with Crippen LogP contribution < -0.4 is 20.5 Å². The molecule has 3 fully saturated rings. The molecule has 0 bridgehead atoms. The molecule has 1 aliphatic carbocycles. The Morgan fingerprint density at radius 1 is 1.00 bits per heavy atom. The number of primary amides is 1. The number of methoxy groups -OCH3 is 1. The molecular formula is C41H49N5O6. The molecule has 2 saturated heterocycles. The van der Waals surface area contributed by atoms with Crippen molar-refractivity contribution in [2.24, 2.45) is 17.6 Å². The summed E-state index contributed by atoms with van der Waals surface area (Å²) in [4.78, 5) is 63.6. The van der Waals surface area contributed by atoms with Crippen LogP contribution in [0.5, 0.6) is 11.5 Å². The van der Waals surface area contributed by atoms with Gasteiger partial charge in [-0.25, -0.2) is 4.98 Å². The number of carbonyl (C=O) groups is 4. The first kappa shape index (κ1) is 35.5. The second kappa shape index (κ2) is 15.4. The van der Waals surface area contributed by atoms with E-state index in [9.17, 15) is 19.2 Å². The predicted molar refractivity (Wildman–Crippen MR) is 197 cm³/mol. The lowest BCUT2D eigenvalue weighted by molar-refractivity contribution is -0.145. The van der Waals surface area contributed by atoms with E-state index in [2.05, 4.69) is 11.4 Å². The van der Waals surface area contributed by atoms with Crippen LogP contribution in [0.25, 0.3) is 22.2 Å². The molecule has 5 atom stereocenters. The highest BCUT2D eigenvalue weighted by atomic mass is 16.5. The van der Waals surface area contributed by atoms with Crippen LogP contribution in [0.3, 0.4) is 0 Å². The van der Waals surface area contributed by atoms with Crippen molar-refractivity contribution < 1.29 is 28.7 Å². The number of nitrogens with zero attached hydrogens (tertiary/aromatic N) is 3. The fourth-order valence-electron chi connectivity index (χ4n) is 8.14. The molecule has 4 amide bonds. The summed E-state index contributed by atoms with van der Waals surface area (Å²) in [5.41, 5.74) is 7.02. The third kappa shape index (κ3) is 7.49. The van der Waals surface area contributed by atoms with Gasteiger partial charge in [0.05, 0.1) is 24.9 Å². The minimum atomic E-state index is -1.18. The highest BCUT2D eigenvalue weighted by Gasteiger charge is 2.60. The average Bonchev–Trinajstić information content (AvgIpc) is 3.70. The first-order valence-corrected chi connectivity index (χ1v) is 18.8. The van der Waals surface area contributed by atoms with Crippen molar-refractivity contribution in [2.45, 2.75) is 88.3 Å². The molecule has 4 aliphatic rings. The summed E-state index contributed by atoms with van der Waals surface area (Å²) < 4.78 is 12.2. The number of rotatable bonds is 7. The van der Waals surface area contributed by atoms with E-state index in [4.69, 9.17) is 20.2 Å². The second-order valence-electron chi connectivity index (χ2n) is 14.8. The molecule has 0 radical (unpaired) electrons. The number of nitrogens with two attached hydrogens (primary N) is 1. The third-order valence-corrected chi connectivity index (χ3v) is 11.3. The van der Waals surface area contributed by atoms with Crippen LogP contribution in [0.15, 0.2) is 66.7 Å². The van der Waals surface area contributed by atoms with Crippen LogP contribution in [-0.2, 0) is 19.2 Å². The van der Waals surface area contributed by atoms with Gasteiger partial charge in [0.1, 0.15) is 29.2 Å². The molecule has 7 rings (SSSR count). The SMILES string of the molecule is COc1ccc2c(O[C@@H]3C[C@H]4C(=O)N[C@@]5(C(N)=O)C[C@@H]5/C=C\CCCCC[C@H](CC(=O)N5CCCCC5)C(=O)N4C3)cc(-c3ccccc3)nc2c1. The molecule has 11 nitrogen and oxygen atoms in total. The van der Waals surface area contributed by atoms with Gasteiger partial charge in [-0.3, -0.25) is 19.2 Å². The number of fused-ring (bicyclic) bond motifs is 3. The number of hydrogen-bond acceptors (Lipinski definition) is 7. The van der Waals surface area contributed by atoms with E-state index >= 15 is 0 Å². The summed E-state index contributed by atoms with van der Waals surface area (Å²) >= 11 is 0. The van der Waals surface area contributed by atoms with Gasteiger partial charge in [-0.1, -0.05) is 55.3 Å². The van der Waals surface area contributed by atoms with Gasteiger partial charge in [-0.2, -0.15) is 0 Å². The van der Waals surface area contributed by atoms with Crippen molar-refractivity contribution in [1.29, 1.82) is 0 Å². The van der Waals surface area contributed by atoms with Crippen molar-refractivity contribution in [2.75, 3.05) is 26.7 Å². The number of amides is 4. The Kier molecular flexibility index (Phi) is 10.5. The van der Waals surface area contributed by atoms with E-state index < -0.39 is 35.4 Å². The van der Waals surface area contributed by atoms with Crippen molar-refractivity contribution >= 4 is 34.5 Å².